The van der Waals surface area contributed by atoms with Crippen molar-refractivity contribution < 1.29 is 14.4 Å². The van der Waals surface area contributed by atoms with Gasteiger partial charge >= 0.3 is 7.60 Å². The van der Waals surface area contributed by atoms with Crippen molar-refractivity contribution in [3.8, 4) is 0 Å². The first-order chi connectivity index (χ1) is 11.3. The predicted octanol–water partition coefficient (Wildman–Crippen LogP) is 0.396. The summed E-state index contributed by atoms with van der Waals surface area (Å²) in [4.78, 5) is 46.5. The number of piperidine rings is 1. The van der Waals surface area contributed by atoms with Crippen LogP contribution < -0.4 is 16.0 Å². The van der Waals surface area contributed by atoms with E-state index in [2.05, 4.69) is 15.2 Å². The molecule has 3 rings (SSSR count). The van der Waals surface area contributed by atoms with Gasteiger partial charge in [0.15, 0.2) is 0 Å². The van der Waals surface area contributed by atoms with Crippen LogP contribution in [0.5, 0.6) is 0 Å². The van der Waals surface area contributed by atoms with Gasteiger partial charge in [-0.05, 0) is 25.2 Å². The molecule has 4 N–H and O–H groups in total. The first-order valence-electron chi connectivity index (χ1n) is 7.74. The molecule has 1 fully saturated rings. The van der Waals surface area contributed by atoms with Crippen LogP contribution in [-0.4, -0.2) is 44.2 Å². The number of fused-ring (bicyclic) bond motifs is 1. The smallest absolute Gasteiger partial charge is 0.325 e. The molecule has 130 valence electrons. The number of pyridine rings is 1. The minimum atomic E-state index is -3.96. The summed E-state index contributed by atoms with van der Waals surface area (Å²) >= 11 is 0. The number of hydrogen-bond acceptors (Lipinski definition) is 5. The normalized spacial score (nSPS) is 16.7. The molecule has 0 spiro atoms. The van der Waals surface area contributed by atoms with Gasteiger partial charge in [0.25, 0.3) is 5.56 Å². The van der Waals surface area contributed by atoms with Gasteiger partial charge in [0.2, 0.25) is 5.56 Å². The first kappa shape index (κ1) is 16.9. The van der Waals surface area contributed by atoms with Gasteiger partial charge in [-0.2, -0.15) is 5.10 Å². The third-order valence-corrected chi connectivity index (χ3v) is 5.25. The Morgan fingerprint density at radius 3 is 2.67 bits per heavy atom. The van der Waals surface area contributed by atoms with E-state index in [1.165, 1.54) is 12.3 Å². The number of rotatable bonds is 4. The molecule has 0 aromatic carbocycles. The molecule has 0 atom stereocenters. The molecule has 0 aliphatic carbocycles. The van der Waals surface area contributed by atoms with Crippen molar-refractivity contribution in [2.75, 3.05) is 24.2 Å². The highest BCUT2D eigenvalue weighted by Gasteiger charge is 2.24. The van der Waals surface area contributed by atoms with Crippen molar-refractivity contribution in [3.63, 3.8) is 0 Å². The fraction of sp³-hybridized carbons (Fsp3) is 0.500. The van der Waals surface area contributed by atoms with Crippen molar-refractivity contribution in [1.82, 2.24) is 15.2 Å². The van der Waals surface area contributed by atoms with Gasteiger partial charge in [-0.25, -0.2) is 5.10 Å². The summed E-state index contributed by atoms with van der Waals surface area (Å²) in [6.07, 6.45) is 3.33. The Kier molecular flexibility index (Phi) is 4.58. The number of hydrogen-bond donors (Lipinski definition) is 4. The molecule has 10 heteroatoms. The van der Waals surface area contributed by atoms with Crippen molar-refractivity contribution in [3.05, 3.63) is 33.0 Å². The Bertz CT molecular complexity index is 894. The zero-order valence-electron chi connectivity index (χ0n) is 12.9. The lowest BCUT2D eigenvalue weighted by Gasteiger charge is -2.33. The largest absolute Gasteiger partial charge is 0.357 e. The molecule has 0 saturated carbocycles. The number of nitrogens with zero attached hydrogens (tertiary/aromatic N) is 2. The highest BCUT2D eigenvalue weighted by molar-refractivity contribution is 7.51. The maximum Gasteiger partial charge on any atom is 0.325 e. The van der Waals surface area contributed by atoms with Gasteiger partial charge in [-0.1, -0.05) is 0 Å². The lowest BCUT2D eigenvalue weighted by Crippen LogP contribution is -2.36. The summed E-state index contributed by atoms with van der Waals surface area (Å²) in [5, 5.41) is 6.98. The van der Waals surface area contributed by atoms with E-state index in [9.17, 15) is 14.2 Å². The Morgan fingerprint density at radius 1 is 1.29 bits per heavy atom. The zero-order chi connectivity index (χ0) is 17.3. The summed E-state index contributed by atoms with van der Waals surface area (Å²) in [6, 6.07) is 1.34. The fourth-order valence-electron chi connectivity index (χ4n) is 3.16. The van der Waals surface area contributed by atoms with Crippen molar-refractivity contribution in [1.29, 1.82) is 0 Å². The number of nitrogens with one attached hydrogen (secondary N) is 2. The Labute approximate surface area is 136 Å². The third kappa shape index (κ3) is 3.75. The number of H-pyrrole nitrogens is 2. The molecule has 1 aliphatic heterocycles. The molecule has 24 heavy (non-hydrogen) atoms. The minimum Gasteiger partial charge on any atom is -0.357 e. The second-order valence-electron chi connectivity index (χ2n) is 6.12. The molecule has 1 saturated heterocycles. The van der Waals surface area contributed by atoms with Crippen LogP contribution in [0.25, 0.3) is 10.8 Å². The summed E-state index contributed by atoms with van der Waals surface area (Å²) in [5.41, 5.74) is -0.657. The molecule has 3 heterocycles. The van der Waals surface area contributed by atoms with Crippen LogP contribution in [-0.2, 0) is 4.57 Å². The quantitative estimate of drug-likeness (QED) is 0.583. The minimum absolute atomic E-state index is 0.103. The fourth-order valence-corrected chi connectivity index (χ4v) is 3.86. The van der Waals surface area contributed by atoms with Crippen LogP contribution in [0.15, 0.2) is 21.9 Å². The maximum absolute atomic E-state index is 12.1. The average Bonchev–Trinajstić information content (AvgIpc) is 2.52. The zero-order valence-corrected chi connectivity index (χ0v) is 13.8. The summed E-state index contributed by atoms with van der Waals surface area (Å²) in [6.45, 7) is 1.23. The lowest BCUT2D eigenvalue weighted by atomic mass is 9.94. The van der Waals surface area contributed by atoms with E-state index in [-0.39, 0.29) is 23.2 Å². The van der Waals surface area contributed by atoms with E-state index >= 15 is 0 Å². The van der Waals surface area contributed by atoms with Crippen LogP contribution in [0, 0.1) is 5.92 Å². The topological polar surface area (TPSA) is 139 Å². The maximum atomic E-state index is 12.1. The second-order valence-corrected chi connectivity index (χ2v) is 7.90. The van der Waals surface area contributed by atoms with Crippen molar-refractivity contribution in [2.24, 2.45) is 5.92 Å². The Morgan fingerprint density at radius 2 is 2.00 bits per heavy atom. The van der Waals surface area contributed by atoms with Gasteiger partial charge in [0.1, 0.15) is 5.82 Å². The molecular formula is C14H19N4O5P. The Balaban J connectivity index is 1.80. The second kappa shape index (κ2) is 6.51. The monoisotopic (exact) mass is 354 g/mol. The highest BCUT2D eigenvalue weighted by Crippen LogP contribution is 2.38. The van der Waals surface area contributed by atoms with E-state index < -0.39 is 7.60 Å². The number of aromatic nitrogens is 3. The molecular weight excluding hydrogens is 335 g/mol. The van der Waals surface area contributed by atoms with E-state index in [4.69, 9.17) is 9.79 Å². The molecule has 0 radical (unpaired) electrons. The van der Waals surface area contributed by atoms with E-state index in [0.29, 0.717) is 36.1 Å². The van der Waals surface area contributed by atoms with Crippen LogP contribution in [0.1, 0.15) is 19.3 Å². The van der Waals surface area contributed by atoms with Crippen LogP contribution in [0.3, 0.4) is 0 Å². The predicted molar refractivity (Wildman–Crippen MR) is 89.4 cm³/mol. The molecule has 9 nitrogen and oxygen atoms in total. The first-order valence-corrected chi connectivity index (χ1v) is 9.53. The number of aromatic amines is 2. The van der Waals surface area contributed by atoms with Crippen LogP contribution >= 0.6 is 7.60 Å². The lowest BCUT2D eigenvalue weighted by molar-refractivity contribution is 0.350. The molecule has 0 bridgehead atoms. The SMILES string of the molecule is O=c1cc2cn[nH]c(=O)c2c(N2CCC(CCP(=O)(O)O)CC2)[nH]1. The molecule has 1 aliphatic rings. The number of anilines is 1. The van der Waals surface area contributed by atoms with Crippen molar-refractivity contribution >= 4 is 24.2 Å². The molecule has 2 aromatic heterocycles. The highest BCUT2D eigenvalue weighted by atomic mass is 31.2. The third-order valence-electron chi connectivity index (χ3n) is 4.41. The van der Waals surface area contributed by atoms with Crippen LogP contribution in [0.2, 0.25) is 0 Å². The van der Waals surface area contributed by atoms with E-state index in [1.54, 1.807) is 0 Å². The molecule has 0 amide bonds. The van der Waals surface area contributed by atoms with Gasteiger partial charge < -0.3 is 19.7 Å². The molecule has 0 unspecified atom stereocenters. The van der Waals surface area contributed by atoms with E-state index in [0.717, 1.165) is 12.8 Å². The van der Waals surface area contributed by atoms with Crippen LogP contribution in [0.4, 0.5) is 5.82 Å². The van der Waals surface area contributed by atoms with Gasteiger partial charge in [0, 0.05) is 24.5 Å². The average molecular weight is 354 g/mol. The summed E-state index contributed by atoms with van der Waals surface area (Å²) in [5.74, 6) is 0.713. The molecule has 2 aromatic rings. The summed E-state index contributed by atoms with van der Waals surface area (Å²) < 4.78 is 11.0. The Hall–Kier alpha value is -1.96. The van der Waals surface area contributed by atoms with Gasteiger partial charge in [-0.15, -0.1) is 0 Å². The van der Waals surface area contributed by atoms with E-state index in [1.807, 2.05) is 4.90 Å². The van der Waals surface area contributed by atoms with Gasteiger partial charge in [0.05, 0.1) is 17.7 Å². The standard InChI is InChI=1S/C14H19N4O5P/c19-11-7-10-8-15-17-14(20)12(10)13(16-11)18-4-1-9(2-5-18)3-6-24(21,22)23/h7-9H,1-6H2,(H,16,19)(H,17,20)(H2,21,22,23). The summed E-state index contributed by atoms with van der Waals surface area (Å²) in [7, 11) is -3.96. The van der Waals surface area contributed by atoms with Gasteiger partial charge in [-0.3, -0.25) is 14.2 Å². The van der Waals surface area contributed by atoms with Crippen molar-refractivity contribution in [2.45, 2.75) is 19.3 Å².